The Morgan fingerprint density at radius 3 is 2.50 bits per heavy atom. The molecule has 1 N–H and O–H groups in total. The van der Waals surface area contributed by atoms with Crippen LogP contribution in [0.2, 0.25) is 0 Å². The topological polar surface area (TPSA) is 107 Å². The molecule has 3 aromatic rings. The molecule has 0 aliphatic rings. The van der Waals surface area contributed by atoms with E-state index in [0.717, 1.165) is 0 Å². The van der Waals surface area contributed by atoms with Gasteiger partial charge >= 0.3 is 0 Å². The highest BCUT2D eigenvalue weighted by molar-refractivity contribution is 7.90. The second-order valence-electron chi connectivity index (χ2n) is 8.82. The fourth-order valence-electron chi connectivity index (χ4n) is 3.09. The summed E-state index contributed by atoms with van der Waals surface area (Å²) in [5.74, 6) is -0.884. The van der Waals surface area contributed by atoms with E-state index < -0.39 is 21.7 Å². The van der Waals surface area contributed by atoms with E-state index in [1.54, 1.807) is 26.0 Å². The monoisotopic (exact) mass is 515 g/mol. The maximum Gasteiger partial charge on any atom is 0.281 e. The second kappa shape index (κ2) is 11.5. The lowest BCUT2D eigenvalue weighted by molar-refractivity contribution is 0.0973. The van der Waals surface area contributed by atoms with Crippen molar-refractivity contribution in [2.75, 3.05) is 6.61 Å². The molecule has 8 nitrogen and oxygen atoms in total. The number of sulfonamides is 1. The minimum absolute atomic E-state index is 0.0688. The molecule has 0 unspecified atom stereocenters. The molecule has 0 radical (unpaired) electrons. The molecule has 3 rings (SSSR count). The van der Waals surface area contributed by atoms with Gasteiger partial charge in [-0.2, -0.15) is 8.42 Å². The molecule has 2 aromatic heterocycles. The van der Waals surface area contributed by atoms with Crippen molar-refractivity contribution in [3.63, 3.8) is 0 Å². The average molecular weight is 516 g/mol. The van der Waals surface area contributed by atoms with Crippen LogP contribution in [0.15, 0.2) is 53.6 Å². The summed E-state index contributed by atoms with van der Waals surface area (Å²) in [7, 11) is -4.23. The number of nitrogens with one attached hydrogen (secondary N) is 1. The zero-order valence-corrected chi connectivity index (χ0v) is 21.7. The summed E-state index contributed by atoms with van der Waals surface area (Å²) in [6, 6.07) is 11.6. The number of pyridine rings is 2. The molecule has 10 heteroatoms. The molecule has 2 heterocycles. The maximum absolute atomic E-state index is 14.3. The van der Waals surface area contributed by atoms with Crippen LogP contribution in [-0.2, 0) is 10.0 Å². The number of ether oxygens (including phenoxy) is 2. The fraction of sp³-hybridized carbons (Fsp3) is 0.346. The lowest BCUT2D eigenvalue weighted by atomic mass is 10.1. The smallest absolute Gasteiger partial charge is 0.281 e. The van der Waals surface area contributed by atoms with E-state index in [1.807, 2.05) is 25.5 Å². The van der Waals surface area contributed by atoms with Crippen LogP contribution in [0, 0.1) is 18.7 Å². The van der Waals surface area contributed by atoms with Crippen LogP contribution < -0.4 is 14.2 Å². The Kier molecular flexibility index (Phi) is 8.62. The number of benzene rings is 1. The first kappa shape index (κ1) is 27.1. The van der Waals surface area contributed by atoms with Gasteiger partial charge in [-0.3, -0.25) is 4.79 Å². The van der Waals surface area contributed by atoms with E-state index >= 15 is 0 Å². The zero-order valence-electron chi connectivity index (χ0n) is 20.9. The average Bonchev–Trinajstić information content (AvgIpc) is 2.82. The summed E-state index contributed by atoms with van der Waals surface area (Å²) >= 11 is 0. The molecule has 36 heavy (non-hydrogen) atoms. The molecule has 1 aromatic carbocycles. The largest absolute Gasteiger partial charge is 0.493 e. The summed E-state index contributed by atoms with van der Waals surface area (Å²) in [5, 5.41) is -0.279. The van der Waals surface area contributed by atoms with Crippen molar-refractivity contribution in [2.24, 2.45) is 5.92 Å². The number of rotatable bonds is 10. The van der Waals surface area contributed by atoms with Crippen molar-refractivity contribution in [2.45, 2.75) is 52.2 Å². The van der Waals surface area contributed by atoms with Crippen LogP contribution in [0.1, 0.15) is 50.2 Å². The lowest BCUT2D eigenvalue weighted by Gasteiger charge is -2.16. The first-order valence-electron chi connectivity index (χ1n) is 11.6. The van der Waals surface area contributed by atoms with E-state index in [2.05, 4.69) is 9.97 Å². The van der Waals surface area contributed by atoms with Gasteiger partial charge in [0.2, 0.25) is 5.88 Å². The van der Waals surface area contributed by atoms with E-state index in [-0.39, 0.29) is 28.5 Å². The van der Waals surface area contributed by atoms with Crippen LogP contribution in [0.4, 0.5) is 4.39 Å². The number of amides is 1. The molecule has 0 saturated heterocycles. The van der Waals surface area contributed by atoms with Crippen molar-refractivity contribution < 1.29 is 27.1 Å². The Morgan fingerprint density at radius 1 is 1.08 bits per heavy atom. The second-order valence-corrected chi connectivity index (χ2v) is 10.4. The third-order valence-electron chi connectivity index (χ3n) is 5.11. The van der Waals surface area contributed by atoms with Crippen LogP contribution in [-0.4, -0.2) is 37.0 Å². The molecular formula is C26H30FN3O5S. The first-order valence-corrected chi connectivity index (χ1v) is 13.1. The Morgan fingerprint density at radius 2 is 1.83 bits per heavy atom. The van der Waals surface area contributed by atoms with E-state index in [1.165, 1.54) is 36.4 Å². The molecule has 0 fully saturated rings. The highest BCUT2D eigenvalue weighted by atomic mass is 32.2. The molecule has 0 saturated carbocycles. The summed E-state index contributed by atoms with van der Waals surface area (Å²) in [5.41, 5.74) is 1.17. The van der Waals surface area contributed by atoms with Crippen LogP contribution in [0.25, 0.3) is 11.3 Å². The van der Waals surface area contributed by atoms with Gasteiger partial charge in [-0.05, 0) is 62.6 Å². The van der Waals surface area contributed by atoms with Crippen molar-refractivity contribution in [3.8, 4) is 22.9 Å². The summed E-state index contributed by atoms with van der Waals surface area (Å²) in [6.45, 7) is 9.73. The van der Waals surface area contributed by atoms with Gasteiger partial charge in [0.25, 0.3) is 15.9 Å². The Hall–Kier alpha value is -3.53. The maximum atomic E-state index is 14.3. The summed E-state index contributed by atoms with van der Waals surface area (Å²) in [4.78, 5) is 21.4. The highest BCUT2D eigenvalue weighted by Gasteiger charge is 2.24. The van der Waals surface area contributed by atoms with Crippen molar-refractivity contribution in [1.29, 1.82) is 0 Å². The standard InChI is InChI=1S/C26H30FN3O5S/c1-6-18(5)35-26-22(25(31)30-36(32,33)24-9-7-8-17(4)28-24)10-11-23(29-26)19-12-20(27)14-21(13-19)34-15-16(2)3/h7-14,16,18H,6,15H2,1-5H3,(H,30,31)/t18-/m0/s1. The quantitative estimate of drug-likeness (QED) is 0.408. The van der Waals surface area contributed by atoms with Gasteiger partial charge in [0.15, 0.2) is 5.03 Å². The molecular weight excluding hydrogens is 485 g/mol. The number of nitrogens with zero attached hydrogens (tertiary/aromatic N) is 2. The van der Waals surface area contributed by atoms with Gasteiger partial charge < -0.3 is 9.47 Å². The van der Waals surface area contributed by atoms with Gasteiger partial charge in [-0.25, -0.2) is 19.1 Å². The van der Waals surface area contributed by atoms with Crippen molar-refractivity contribution in [3.05, 3.63) is 65.6 Å². The lowest BCUT2D eigenvalue weighted by Crippen LogP contribution is -2.32. The molecule has 1 atom stereocenters. The highest BCUT2D eigenvalue weighted by Crippen LogP contribution is 2.29. The Bertz CT molecular complexity index is 1350. The Labute approximate surface area is 210 Å². The summed E-state index contributed by atoms with van der Waals surface area (Å²) in [6.07, 6.45) is 0.304. The number of hydrogen-bond acceptors (Lipinski definition) is 7. The van der Waals surface area contributed by atoms with Crippen LogP contribution in [0.3, 0.4) is 0 Å². The minimum atomic E-state index is -4.23. The van der Waals surface area contributed by atoms with E-state index in [4.69, 9.17) is 9.47 Å². The molecule has 192 valence electrons. The van der Waals surface area contributed by atoms with Gasteiger partial charge in [-0.1, -0.05) is 26.8 Å². The number of carbonyl (C=O) groups is 1. The van der Waals surface area contributed by atoms with Crippen LogP contribution >= 0.6 is 0 Å². The van der Waals surface area contributed by atoms with Crippen LogP contribution in [0.5, 0.6) is 11.6 Å². The number of carbonyl (C=O) groups excluding carboxylic acids is 1. The van der Waals surface area contributed by atoms with E-state index in [0.29, 0.717) is 35.7 Å². The molecule has 0 aliphatic carbocycles. The number of halogens is 1. The SMILES string of the molecule is CC[C@H](C)Oc1nc(-c2cc(F)cc(OCC(C)C)c2)ccc1C(=O)NS(=O)(=O)c1cccc(C)n1. The molecule has 0 aliphatic heterocycles. The van der Waals surface area contributed by atoms with Crippen molar-refractivity contribution in [1.82, 2.24) is 14.7 Å². The van der Waals surface area contributed by atoms with Gasteiger partial charge in [0, 0.05) is 17.3 Å². The third kappa shape index (κ3) is 7.00. The molecule has 0 bridgehead atoms. The zero-order chi connectivity index (χ0) is 26.5. The normalized spacial score (nSPS) is 12.3. The predicted molar refractivity (Wildman–Crippen MR) is 134 cm³/mol. The predicted octanol–water partition coefficient (Wildman–Crippen LogP) is 4.92. The first-order chi connectivity index (χ1) is 17.0. The van der Waals surface area contributed by atoms with Gasteiger partial charge in [-0.15, -0.1) is 0 Å². The molecule has 1 amide bonds. The number of aryl methyl sites for hydroxylation is 1. The minimum Gasteiger partial charge on any atom is -0.493 e. The third-order valence-corrected chi connectivity index (χ3v) is 6.34. The van der Waals surface area contributed by atoms with Crippen molar-refractivity contribution >= 4 is 15.9 Å². The van der Waals surface area contributed by atoms with Gasteiger partial charge in [0.1, 0.15) is 17.1 Å². The van der Waals surface area contributed by atoms with Gasteiger partial charge in [0.05, 0.1) is 18.4 Å². The summed E-state index contributed by atoms with van der Waals surface area (Å²) < 4.78 is 53.3. The number of hydrogen-bond donors (Lipinski definition) is 1. The Balaban J connectivity index is 1.97. The fourth-order valence-corrected chi connectivity index (χ4v) is 4.07. The molecule has 0 spiro atoms. The number of aromatic nitrogens is 2. The van der Waals surface area contributed by atoms with E-state index in [9.17, 15) is 17.6 Å².